The molecular formula is C18H28N2O. The van der Waals surface area contributed by atoms with Crippen LogP contribution in [0.2, 0.25) is 0 Å². The van der Waals surface area contributed by atoms with Gasteiger partial charge in [0.15, 0.2) is 0 Å². The van der Waals surface area contributed by atoms with Crippen LogP contribution >= 0.6 is 0 Å². The summed E-state index contributed by atoms with van der Waals surface area (Å²) < 4.78 is 7.88. The first kappa shape index (κ1) is 16.1. The second kappa shape index (κ2) is 7.10. The summed E-state index contributed by atoms with van der Waals surface area (Å²) in [6, 6.07) is 7.32. The molecule has 1 aromatic heterocycles. The molecule has 1 N–H and O–H groups in total. The minimum atomic E-state index is 0.513. The number of nitrogens with zero attached hydrogens (tertiary/aromatic N) is 1. The van der Waals surface area contributed by atoms with Crippen molar-refractivity contribution in [3.8, 4) is 0 Å². The van der Waals surface area contributed by atoms with E-state index in [0.29, 0.717) is 6.04 Å². The van der Waals surface area contributed by atoms with Crippen LogP contribution in [-0.2, 0) is 17.8 Å². The average molecular weight is 288 g/mol. The maximum atomic E-state index is 5.51. The smallest absolute Gasteiger partial charge is 0.0645 e. The zero-order valence-corrected chi connectivity index (χ0v) is 14.0. The molecule has 2 aromatic rings. The van der Waals surface area contributed by atoms with Gasteiger partial charge in [-0.05, 0) is 44.0 Å². The second-order valence-electron chi connectivity index (χ2n) is 5.95. The normalized spacial score (nSPS) is 11.7. The van der Waals surface area contributed by atoms with Crippen molar-refractivity contribution >= 4 is 10.9 Å². The Bertz CT molecular complexity index is 599. The molecule has 0 amide bonds. The predicted molar refractivity (Wildman–Crippen MR) is 89.9 cm³/mol. The highest BCUT2D eigenvalue weighted by atomic mass is 16.5. The van der Waals surface area contributed by atoms with Gasteiger partial charge in [-0.15, -0.1) is 0 Å². The Morgan fingerprint density at radius 1 is 1.24 bits per heavy atom. The third-order valence-electron chi connectivity index (χ3n) is 4.08. The average Bonchev–Trinajstić information content (AvgIpc) is 2.70. The van der Waals surface area contributed by atoms with Gasteiger partial charge in [-0.25, -0.2) is 0 Å². The summed E-state index contributed by atoms with van der Waals surface area (Å²) >= 11 is 0. The number of benzene rings is 1. The van der Waals surface area contributed by atoms with Crippen LogP contribution in [0.3, 0.4) is 0 Å². The van der Waals surface area contributed by atoms with Gasteiger partial charge in [-0.2, -0.15) is 0 Å². The van der Waals surface area contributed by atoms with Crippen molar-refractivity contribution in [1.29, 1.82) is 0 Å². The van der Waals surface area contributed by atoms with Crippen LogP contribution in [0.15, 0.2) is 18.2 Å². The first-order valence-electron chi connectivity index (χ1n) is 7.94. The van der Waals surface area contributed by atoms with E-state index in [1.807, 2.05) is 6.92 Å². The summed E-state index contributed by atoms with van der Waals surface area (Å²) in [6.45, 7) is 14.2. The molecule has 0 bridgehead atoms. The topological polar surface area (TPSA) is 26.2 Å². The monoisotopic (exact) mass is 288 g/mol. The molecule has 1 heterocycles. The van der Waals surface area contributed by atoms with Crippen LogP contribution in [0.1, 0.15) is 37.6 Å². The van der Waals surface area contributed by atoms with E-state index in [9.17, 15) is 0 Å². The van der Waals surface area contributed by atoms with Gasteiger partial charge in [-0.3, -0.25) is 0 Å². The maximum absolute atomic E-state index is 5.51. The lowest BCUT2D eigenvalue weighted by molar-refractivity contribution is 0.139. The number of hydrogen-bond donors (Lipinski definition) is 1. The molecule has 0 spiro atoms. The highest BCUT2D eigenvalue weighted by Crippen LogP contribution is 2.26. The molecule has 116 valence electrons. The van der Waals surface area contributed by atoms with Gasteiger partial charge in [0.25, 0.3) is 0 Å². The Morgan fingerprint density at radius 3 is 2.67 bits per heavy atom. The van der Waals surface area contributed by atoms with Crippen molar-refractivity contribution in [1.82, 2.24) is 9.88 Å². The van der Waals surface area contributed by atoms with Gasteiger partial charge in [0.2, 0.25) is 0 Å². The van der Waals surface area contributed by atoms with Crippen molar-refractivity contribution < 1.29 is 4.74 Å². The largest absolute Gasteiger partial charge is 0.380 e. The first-order valence-corrected chi connectivity index (χ1v) is 7.94. The molecule has 0 unspecified atom stereocenters. The van der Waals surface area contributed by atoms with Gasteiger partial charge in [0.05, 0.1) is 6.61 Å². The van der Waals surface area contributed by atoms with E-state index < -0.39 is 0 Å². The Morgan fingerprint density at radius 2 is 2.00 bits per heavy atom. The minimum Gasteiger partial charge on any atom is -0.380 e. The number of hydrogen-bond acceptors (Lipinski definition) is 2. The zero-order chi connectivity index (χ0) is 15.4. The van der Waals surface area contributed by atoms with Crippen LogP contribution in [-0.4, -0.2) is 23.8 Å². The molecule has 3 nitrogen and oxygen atoms in total. The van der Waals surface area contributed by atoms with E-state index in [4.69, 9.17) is 4.74 Å². The van der Waals surface area contributed by atoms with Gasteiger partial charge < -0.3 is 14.6 Å². The molecule has 0 aliphatic rings. The number of fused-ring (bicyclic) bond motifs is 1. The van der Waals surface area contributed by atoms with Crippen molar-refractivity contribution in [2.75, 3.05) is 13.2 Å². The third-order valence-corrected chi connectivity index (χ3v) is 4.08. The van der Waals surface area contributed by atoms with Crippen molar-refractivity contribution in [3.05, 3.63) is 35.0 Å². The molecule has 0 aliphatic heterocycles. The third kappa shape index (κ3) is 3.66. The van der Waals surface area contributed by atoms with E-state index >= 15 is 0 Å². The van der Waals surface area contributed by atoms with Gasteiger partial charge >= 0.3 is 0 Å². The van der Waals surface area contributed by atoms with Crippen molar-refractivity contribution in [2.24, 2.45) is 0 Å². The summed E-state index contributed by atoms with van der Waals surface area (Å²) in [7, 11) is 0. The fourth-order valence-electron chi connectivity index (χ4n) is 2.72. The van der Waals surface area contributed by atoms with Crippen LogP contribution in [0.5, 0.6) is 0 Å². The molecule has 0 saturated carbocycles. The Labute approximate surface area is 128 Å². The van der Waals surface area contributed by atoms with Crippen LogP contribution < -0.4 is 5.32 Å². The number of ether oxygens (including phenoxy) is 1. The lowest BCUT2D eigenvalue weighted by Gasteiger charge is -2.10. The van der Waals surface area contributed by atoms with Gasteiger partial charge in [0, 0.05) is 42.3 Å². The number of nitrogens with one attached hydrogen (secondary N) is 1. The van der Waals surface area contributed by atoms with E-state index in [1.165, 1.54) is 27.7 Å². The Balaban J connectivity index is 2.28. The molecule has 21 heavy (non-hydrogen) atoms. The number of aryl methyl sites for hydroxylation is 1. The lowest BCUT2D eigenvalue weighted by Crippen LogP contribution is -2.21. The fourth-order valence-corrected chi connectivity index (χ4v) is 2.72. The molecule has 0 fully saturated rings. The molecule has 1 aromatic carbocycles. The van der Waals surface area contributed by atoms with Crippen LogP contribution in [0.4, 0.5) is 0 Å². The molecule has 0 radical (unpaired) electrons. The van der Waals surface area contributed by atoms with E-state index in [2.05, 4.69) is 55.8 Å². The molecule has 2 rings (SSSR count). The van der Waals surface area contributed by atoms with Gasteiger partial charge in [-0.1, -0.05) is 19.9 Å². The number of aromatic nitrogens is 1. The minimum absolute atomic E-state index is 0.513. The zero-order valence-electron chi connectivity index (χ0n) is 14.0. The molecule has 3 heteroatoms. The SMILES string of the molecule is CCOCCn1c(C)c(C)c2cc(CNC(C)C)ccc21. The predicted octanol–water partition coefficient (Wildman–Crippen LogP) is 3.79. The molecular weight excluding hydrogens is 260 g/mol. The van der Waals surface area contributed by atoms with Gasteiger partial charge in [0.1, 0.15) is 0 Å². The summed E-state index contributed by atoms with van der Waals surface area (Å²) in [6.07, 6.45) is 0. The fraction of sp³-hybridized carbons (Fsp3) is 0.556. The summed E-state index contributed by atoms with van der Waals surface area (Å²) in [5.74, 6) is 0. The first-order chi connectivity index (χ1) is 10.0. The quantitative estimate of drug-likeness (QED) is 0.784. The molecule has 0 saturated heterocycles. The van der Waals surface area contributed by atoms with Crippen molar-refractivity contribution in [2.45, 2.75) is 53.8 Å². The molecule has 0 atom stereocenters. The Hall–Kier alpha value is -1.32. The number of rotatable bonds is 7. The Kier molecular flexibility index (Phi) is 5.43. The second-order valence-corrected chi connectivity index (χ2v) is 5.95. The molecule has 0 aliphatic carbocycles. The van der Waals surface area contributed by atoms with E-state index in [-0.39, 0.29) is 0 Å². The summed E-state index contributed by atoms with van der Waals surface area (Å²) in [5, 5.41) is 4.85. The van der Waals surface area contributed by atoms with Crippen molar-refractivity contribution in [3.63, 3.8) is 0 Å². The van der Waals surface area contributed by atoms with E-state index in [0.717, 1.165) is 26.3 Å². The van der Waals surface area contributed by atoms with Crippen LogP contribution in [0, 0.1) is 13.8 Å². The lowest BCUT2D eigenvalue weighted by atomic mass is 10.1. The van der Waals surface area contributed by atoms with E-state index in [1.54, 1.807) is 0 Å². The van der Waals surface area contributed by atoms with Crippen LogP contribution in [0.25, 0.3) is 10.9 Å². The maximum Gasteiger partial charge on any atom is 0.0645 e. The standard InChI is InChI=1S/C18H28N2O/c1-6-21-10-9-20-15(5)14(4)17-11-16(7-8-18(17)20)12-19-13(2)3/h7-8,11,13,19H,6,9-10,12H2,1-5H3. The summed E-state index contributed by atoms with van der Waals surface area (Å²) in [4.78, 5) is 0. The highest BCUT2D eigenvalue weighted by molar-refractivity contribution is 5.86. The summed E-state index contributed by atoms with van der Waals surface area (Å²) in [5.41, 5.74) is 5.39. The highest BCUT2D eigenvalue weighted by Gasteiger charge is 2.11.